The van der Waals surface area contributed by atoms with Gasteiger partial charge in [0.1, 0.15) is 5.60 Å². The molecule has 0 spiro atoms. The number of fused-ring (bicyclic) bond motifs is 2. The number of rotatable bonds is 7. The summed E-state index contributed by atoms with van der Waals surface area (Å²) in [6.45, 7) is 22.4. The number of hydrogen-bond acceptors (Lipinski definition) is 3. The first-order valence-electron chi connectivity index (χ1n) is 13.3. The van der Waals surface area contributed by atoms with Crippen molar-refractivity contribution >= 4 is 8.60 Å². The maximum absolute atomic E-state index is 10.6. The van der Waals surface area contributed by atoms with E-state index in [-0.39, 0.29) is 16.7 Å². The van der Waals surface area contributed by atoms with Gasteiger partial charge in [-0.1, -0.05) is 104 Å². The van der Waals surface area contributed by atoms with E-state index in [1.54, 1.807) is 0 Å². The lowest BCUT2D eigenvalue weighted by Crippen LogP contribution is -2.46. The summed E-state index contributed by atoms with van der Waals surface area (Å²) in [6, 6.07) is 9.20. The van der Waals surface area contributed by atoms with Crippen LogP contribution in [0, 0.1) is 19.8 Å². The van der Waals surface area contributed by atoms with E-state index in [0.717, 1.165) is 32.1 Å². The van der Waals surface area contributed by atoms with Crippen LogP contribution in [-0.2, 0) is 27.4 Å². The number of unbranched alkanes of at least 4 members (excludes halogenated alkanes) is 1. The Labute approximate surface area is 215 Å². The molecule has 2 aromatic rings. The van der Waals surface area contributed by atoms with Crippen molar-refractivity contribution in [1.82, 2.24) is 0 Å². The molecule has 0 saturated heterocycles. The van der Waals surface area contributed by atoms with Crippen LogP contribution in [0.4, 0.5) is 0 Å². The van der Waals surface area contributed by atoms with Crippen LogP contribution in [0.3, 0.4) is 0 Å². The molecule has 1 aliphatic rings. The first-order chi connectivity index (χ1) is 16.2. The van der Waals surface area contributed by atoms with E-state index >= 15 is 0 Å². The summed E-state index contributed by atoms with van der Waals surface area (Å²) >= 11 is 0. The van der Waals surface area contributed by atoms with E-state index in [9.17, 15) is 9.79 Å². The Bertz CT molecular complexity index is 987. The molecule has 0 bridgehead atoms. The highest BCUT2D eigenvalue weighted by Gasteiger charge is 2.52. The molecule has 0 aromatic heterocycles. The number of aryl methyl sites for hydroxylation is 2. The minimum Gasteiger partial charge on any atom is -0.328 e. The number of hydrogen-bond donors (Lipinski definition) is 2. The SMILES string of the molecule is CCCCC(CC)C1(OP(O)O)c2c(cc(C)cc2C(C)(C)C)Cc2cc(C)cc(C(C)(C)C)c21. The Morgan fingerprint density at radius 3 is 1.66 bits per heavy atom. The van der Waals surface area contributed by atoms with Gasteiger partial charge in [0.2, 0.25) is 0 Å². The second kappa shape index (κ2) is 10.3. The third kappa shape index (κ3) is 5.40. The van der Waals surface area contributed by atoms with Crippen molar-refractivity contribution < 1.29 is 14.3 Å². The largest absolute Gasteiger partial charge is 0.328 e. The van der Waals surface area contributed by atoms with Crippen LogP contribution in [0.5, 0.6) is 0 Å². The molecule has 0 amide bonds. The molecular formula is C31H47O3P. The van der Waals surface area contributed by atoms with Crippen LogP contribution in [-0.4, -0.2) is 9.79 Å². The van der Waals surface area contributed by atoms with Gasteiger partial charge in [-0.2, -0.15) is 0 Å². The zero-order chi connectivity index (χ0) is 26.3. The van der Waals surface area contributed by atoms with Gasteiger partial charge in [-0.25, -0.2) is 0 Å². The normalized spacial score (nSPS) is 16.3. The summed E-state index contributed by atoms with van der Waals surface area (Å²) in [5.74, 6) is 0.122. The Balaban J connectivity index is 2.60. The summed E-state index contributed by atoms with van der Waals surface area (Å²) in [5, 5.41) is 0. The van der Waals surface area contributed by atoms with Crippen LogP contribution in [0.1, 0.15) is 126 Å². The molecule has 35 heavy (non-hydrogen) atoms. The molecule has 0 aliphatic heterocycles. The van der Waals surface area contributed by atoms with Crippen LogP contribution in [0.2, 0.25) is 0 Å². The molecule has 0 radical (unpaired) electrons. The maximum atomic E-state index is 10.6. The van der Waals surface area contributed by atoms with E-state index in [0.29, 0.717) is 0 Å². The summed E-state index contributed by atoms with van der Waals surface area (Å²) < 4.78 is 6.61. The summed E-state index contributed by atoms with van der Waals surface area (Å²) in [6.07, 6.45) is 4.89. The third-order valence-electron chi connectivity index (χ3n) is 7.67. The second-order valence-corrected chi connectivity index (χ2v) is 13.4. The molecule has 2 aromatic carbocycles. The van der Waals surface area contributed by atoms with Gasteiger partial charge < -0.3 is 9.79 Å². The van der Waals surface area contributed by atoms with Gasteiger partial charge in [0.05, 0.1) is 0 Å². The lowest BCUT2D eigenvalue weighted by molar-refractivity contribution is 0.0176. The lowest BCUT2D eigenvalue weighted by atomic mass is 9.60. The van der Waals surface area contributed by atoms with Crippen molar-refractivity contribution in [2.45, 2.75) is 118 Å². The van der Waals surface area contributed by atoms with Gasteiger partial charge in [-0.05, 0) is 83.2 Å². The van der Waals surface area contributed by atoms with Gasteiger partial charge in [-0.15, -0.1) is 0 Å². The van der Waals surface area contributed by atoms with Gasteiger partial charge in [-0.3, -0.25) is 4.52 Å². The van der Waals surface area contributed by atoms with Crippen LogP contribution < -0.4 is 0 Å². The zero-order valence-electron chi connectivity index (χ0n) is 23.7. The predicted molar refractivity (Wildman–Crippen MR) is 149 cm³/mol. The van der Waals surface area contributed by atoms with Crippen molar-refractivity contribution in [3.63, 3.8) is 0 Å². The van der Waals surface area contributed by atoms with E-state index in [1.807, 2.05) is 0 Å². The molecule has 1 aliphatic carbocycles. The molecular weight excluding hydrogens is 451 g/mol. The summed E-state index contributed by atoms with van der Waals surface area (Å²) in [7, 11) is -2.59. The van der Waals surface area contributed by atoms with Gasteiger partial charge in [0, 0.05) is 0 Å². The standard InChI is InChI=1S/C31H47O3P/c1-11-13-14-24(12-2)31(34-35(32)33)27-22(15-20(3)17-25(27)29(5,6)7)19-23-16-21(4)18-26(28(23)31)30(8,9)10/h15-18,24,32-33H,11-14,19H2,1-10H3. The zero-order valence-corrected chi connectivity index (χ0v) is 24.6. The van der Waals surface area contributed by atoms with E-state index in [4.69, 9.17) is 4.52 Å². The molecule has 0 fully saturated rings. The van der Waals surface area contributed by atoms with E-state index in [2.05, 4.69) is 93.5 Å². The Hall–Kier alpha value is -1.25. The minimum atomic E-state index is -2.59. The fourth-order valence-corrected chi connectivity index (χ4v) is 6.83. The van der Waals surface area contributed by atoms with Crippen molar-refractivity contribution in [3.8, 4) is 0 Å². The lowest BCUT2D eigenvalue weighted by Gasteiger charge is -2.50. The number of benzene rings is 2. The van der Waals surface area contributed by atoms with E-state index < -0.39 is 14.2 Å². The first kappa shape index (κ1) is 28.3. The minimum absolute atomic E-state index is 0.120. The average Bonchev–Trinajstić information content (AvgIpc) is 2.70. The van der Waals surface area contributed by atoms with Crippen molar-refractivity contribution in [2.75, 3.05) is 0 Å². The molecule has 1 unspecified atom stereocenters. The molecule has 1 atom stereocenters. The average molecular weight is 499 g/mol. The molecule has 2 N–H and O–H groups in total. The molecule has 0 heterocycles. The topological polar surface area (TPSA) is 49.7 Å². The van der Waals surface area contributed by atoms with Crippen molar-refractivity contribution in [1.29, 1.82) is 0 Å². The first-order valence-corrected chi connectivity index (χ1v) is 14.5. The fraction of sp³-hybridized carbons (Fsp3) is 0.613. The molecule has 3 rings (SSSR count). The Morgan fingerprint density at radius 2 is 1.31 bits per heavy atom. The highest BCUT2D eigenvalue weighted by Crippen LogP contribution is 2.59. The Kier molecular flexibility index (Phi) is 8.30. The Morgan fingerprint density at radius 1 is 0.857 bits per heavy atom. The van der Waals surface area contributed by atoms with Gasteiger partial charge >= 0.3 is 8.60 Å². The highest BCUT2D eigenvalue weighted by atomic mass is 31.2. The second-order valence-electron chi connectivity index (χ2n) is 12.7. The van der Waals surface area contributed by atoms with Crippen molar-refractivity contribution in [3.05, 3.63) is 68.8 Å². The quantitative estimate of drug-likeness (QED) is 0.376. The molecule has 0 saturated carbocycles. The highest BCUT2D eigenvalue weighted by molar-refractivity contribution is 7.39. The molecule has 3 nitrogen and oxygen atoms in total. The summed E-state index contributed by atoms with van der Waals surface area (Å²) in [5.41, 5.74) is 8.73. The maximum Gasteiger partial charge on any atom is 0.328 e. The summed E-state index contributed by atoms with van der Waals surface area (Å²) in [4.78, 5) is 21.2. The van der Waals surface area contributed by atoms with Crippen molar-refractivity contribution in [2.24, 2.45) is 5.92 Å². The molecule has 194 valence electrons. The smallest absolute Gasteiger partial charge is 0.328 e. The monoisotopic (exact) mass is 498 g/mol. The van der Waals surface area contributed by atoms with Gasteiger partial charge in [0.25, 0.3) is 0 Å². The third-order valence-corrected chi connectivity index (χ3v) is 8.12. The predicted octanol–water partition coefficient (Wildman–Crippen LogP) is 8.49. The molecule has 4 heteroatoms. The van der Waals surface area contributed by atoms with Crippen LogP contribution in [0.25, 0.3) is 0 Å². The van der Waals surface area contributed by atoms with Gasteiger partial charge in [0.15, 0.2) is 0 Å². The van der Waals surface area contributed by atoms with Crippen LogP contribution >= 0.6 is 8.60 Å². The van der Waals surface area contributed by atoms with E-state index in [1.165, 1.54) is 44.5 Å². The fourth-order valence-electron chi connectivity index (χ4n) is 6.24. The van der Waals surface area contributed by atoms with Crippen LogP contribution in [0.15, 0.2) is 24.3 Å².